The molecule has 0 aliphatic heterocycles. The van der Waals surface area contributed by atoms with Gasteiger partial charge in [-0.15, -0.1) is 0 Å². The second kappa shape index (κ2) is 4.70. The quantitative estimate of drug-likeness (QED) is 0.772. The summed E-state index contributed by atoms with van der Waals surface area (Å²) in [5.41, 5.74) is 9.00. The van der Waals surface area contributed by atoms with Gasteiger partial charge >= 0.3 is 0 Å². The number of rotatable bonds is 3. The van der Waals surface area contributed by atoms with E-state index in [2.05, 4.69) is 10.2 Å². The molecule has 0 aliphatic carbocycles. The normalized spacial score (nSPS) is 12.5. The minimum absolute atomic E-state index is 0.251. The first kappa shape index (κ1) is 11.7. The zero-order chi connectivity index (χ0) is 13.2. The summed E-state index contributed by atoms with van der Waals surface area (Å²) in [5.74, 6) is 0. The molecule has 2 aromatic heterocycles. The summed E-state index contributed by atoms with van der Waals surface area (Å²) in [5, 5.41) is 8.67. The number of hydrogen-bond acceptors (Lipinski definition) is 3. The maximum Gasteiger partial charge on any atom is 0.0838 e. The van der Waals surface area contributed by atoms with Crippen LogP contribution < -0.4 is 5.73 Å². The highest BCUT2D eigenvalue weighted by atomic mass is 15.3. The van der Waals surface area contributed by atoms with Crippen molar-refractivity contribution in [3.8, 4) is 5.69 Å². The van der Waals surface area contributed by atoms with Crippen LogP contribution in [0.15, 0.2) is 55.0 Å². The lowest BCUT2D eigenvalue weighted by Gasteiger charge is -2.05. The smallest absolute Gasteiger partial charge is 0.0838 e. The van der Waals surface area contributed by atoms with Gasteiger partial charge in [0.15, 0.2) is 0 Å². The number of aryl methyl sites for hydroxylation is 1. The van der Waals surface area contributed by atoms with Gasteiger partial charge in [-0.2, -0.15) is 10.2 Å². The van der Waals surface area contributed by atoms with Crippen molar-refractivity contribution >= 4 is 0 Å². The summed E-state index contributed by atoms with van der Waals surface area (Å²) in [4.78, 5) is 0. The van der Waals surface area contributed by atoms with E-state index in [1.807, 2.05) is 60.5 Å². The van der Waals surface area contributed by atoms with Crippen LogP contribution in [-0.4, -0.2) is 19.6 Å². The van der Waals surface area contributed by atoms with Crippen LogP contribution >= 0.6 is 0 Å². The summed E-state index contributed by atoms with van der Waals surface area (Å²) in [7, 11) is 1.88. The first-order chi connectivity index (χ1) is 9.24. The molecule has 0 aliphatic rings. The summed E-state index contributed by atoms with van der Waals surface area (Å²) >= 11 is 0. The average molecular weight is 253 g/mol. The van der Waals surface area contributed by atoms with Crippen LogP contribution in [0.2, 0.25) is 0 Å². The van der Waals surface area contributed by atoms with Crippen LogP contribution in [0.25, 0.3) is 5.69 Å². The van der Waals surface area contributed by atoms with Crippen molar-refractivity contribution < 1.29 is 0 Å². The van der Waals surface area contributed by atoms with Crippen molar-refractivity contribution in [1.29, 1.82) is 0 Å². The Morgan fingerprint density at radius 2 is 1.95 bits per heavy atom. The Hall–Kier alpha value is -2.40. The molecular weight excluding hydrogens is 238 g/mol. The van der Waals surface area contributed by atoms with Crippen molar-refractivity contribution in [2.24, 2.45) is 12.8 Å². The van der Waals surface area contributed by atoms with Crippen LogP contribution in [0.1, 0.15) is 17.3 Å². The largest absolute Gasteiger partial charge is 0.319 e. The van der Waals surface area contributed by atoms with Crippen molar-refractivity contribution in [3.05, 3.63) is 66.2 Å². The molecule has 0 amide bonds. The number of nitrogens with zero attached hydrogens (tertiary/aromatic N) is 4. The van der Waals surface area contributed by atoms with Gasteiger partial charge in [-0.25, -0.2) is 4.68 Å². The second-order valence-corrected chi connectivity index (χ2v) is 4.45. The maximum absolute atomic E-state index is 6.19. The van der Waals surface area contributed by atoms with E-state index in [1.165, 1.54) is 0 Å². The molecule has 0 saturated heterocycles. The Morgan fingerprint density at radius 3 is 2.63 bits per heavy atom. The van der Waals surface area contributed by atoms with Crippen LogP contribution in [-0.2, 0) is 7.05 Å². The minimum Gasteiger partial charge on any atom is -0.319 e. The topological polar surface area (TPSA) is 61.7 Å². The van der Waals surface area contributed by atoms with Gasteiger partial charge in [0, 0.05) is 25.0 Å². The lowest BCUT2D eigenvalue weighted by molar-refractivity contribution is 0.715. The number of hydrogen-bond donors (Lipinski definition) is 1. The third-order valence-corrected chi connectivity index (χ3v) is 3.04. The van der Waals surface area contributed by atoms with E-state index in [9.17, 15) is 0 Å². The van der Waals surface area contributed by atoms with E-state index in [0.29, 0.717) is 0 Å². The Morgan fingerprint density at radius 1 is 1.16 bits per heavy atom. The van der Waals surface area contributed by atoms with E-state index in [-0.39, 0.29) is 6.04 Å². The molecule has 2 heterocycles. The minimum atomic E-state index is -0.251. The lowest BCUT2D eigenvalue weighted by atomic mass is 10.1. The van der Waals surface area contributed by atoms with Gasteiger partial charge in [0.2, 0.25) is 0 Å². The van der Waals surface area contributed by atoms with Crippen LogP contribution in [0, 0.1) is 0 Å². The highest BCUT2D eigenvalue weighted by molar-refractivity contribution is 5.32. The molecule has 3 aromatic rings. The zero-order valence-electron chi connectivity index (χ0n) is 10.6. The molecule has 3 rings (SSSR count). The standard InChI is InChI=1S/C14H15N5/c1-18-8-7-13(17-18)14(15)11-9-16-19(10-11)12-5-3-2-4-6-12/h2-10,14H,15H2,1H3. The number of para-hydroxylation sites is 1. The molecule has 0 spiro atoms. The lowest BCUT2D eigenvalue weighted by Crippen LogP contribution is -2.12. The summed E-state index contributed by atoms with van der Waals surface area (Å²) < 4.78 is 3.56. The fourth-order valence-electron chi connectivity index (χ4n) is 1.99. The van der Waals surface area contributed by atoms with Crippen LogP contribution in [0.4, 0.5) is 0 Å². The predicted molar refractivity (Wildman–Crippen MR) is 72.8 cm³/mol. The van der Waals surface area contributed by atoms with E-state index in [4.69, 9.17) is 5.73 Å². The SMILES string of the molecule is Cn1ccc(C(N)c2cnn(-c3ccccc3)c2)n1. The monoisotopic (exact) mass is 253 g/mol. The Kier molecular flexibility index (Phi) is 2.89. The van der Waals surface area contributed by atoms with E-state index < -0.39 is 0 Å². The Labute approximate surface area is 111 Å². The summed E-state index contributed by atoms with van der Waals surface area (Å²) in [6, 6.07) is 11.6. The van der Waals surface area contributed by atoms with Gasteiger partial charge in [0.05, 0.1) is 23.6 Å². The van der Waals surface area contributed by atoms with Gasteiger partial charge in [-0.1, -0.05) is 18.2 Å². The third-order valence-electron chi connectivity index (χ3n) is 3.04. The van der Waals surface area contributed by atoms with Gasteiger partial charge in [0.25, 0.3) is 0 Å². The van der Waals surface area contributed by atoms with Gasteiger partial charge in [-0.3, -0.25) is 4.68 Å². The second-order valence-electron chi connectivity index (χ2n) is 4.45. The number of benzene rings is 1. The molecule has 0 fully saturated rings. The molecule has 0 bridgehead atoms. The predicted octanol–water partition coefficient (Wildman–Crippen LogP) is 1.65. The molecule has 5 heteroatoms. The van der Waals surface area contributed by atoms with Crippen molar-refractivity contribution in [3.63, 3.8) is 0 Å². The first-order valence-electron chi connectivity index (χ1n) is 6.09. The van der Waals surface area contributed by atoms with Crippen molar-refractivity contribution in [2.45, 2.75) is 6.04 Å². The highest BCUT2D eigenvalue weighted by Crippen LogP contribution is 2.18. The van der Waals surface area contributed by atoms with Gasteiger partial charge in [0.1, 0.15) is 0 Å². The first-order valence-corrected chi connectivity index (χ1v) is 6.09. The van der Waals surface area contributed by atoms with Gasteiger partial charge in [-0.05, 0) is 18.2 Å². The molecule has 5 nitrogen and oxygen atoms in total. The fourth-order valence-corrected chi connectivity index (χ4v) is 1.99. The fraction of sp³-hybridized carbons (Fsp3) is 0.143. The van der Waals surface area contributed by atoms with E-state index in [0.717, 1.165) is 16.9 Å². The van der Waals surface area contributed by atoms with Crippen molar-refractivity contribution in [2.75, 3.05) is 0 Å². The van der Waals surface area contributed by atoms with Gasteiger partial charge < -0.3 is 5.73 Å². The third kappa shape index (κ3) is 2.28. The summed E-state index contributed by atoms with van der Waals surface area (Å²) in [6.45, 7) is 0. The molecule has 1 aromatic carbocycles. The van der Waals surface area contributed by atoms with Crippen LogP contribution in [0.3, 0.4) is 0 Å². The molecule has 1 atom stereocenters. The highest BCUT2D eigenvalue weighted by Gasteiger charge is 2.14. The number of aromatic nitrogens is 4. The molecule has 0 saturated carbocycles. The molecule has 0 radical (unpaired) electrons. The molecule has 96 valence electrons. The zero-order valence-corrected chi connectivity index (χ0v) is 10.6. The molecule has 1 unspecified atom stereocenters. The number of nitrogens with two attached hydrogens (primary N) is 1. The molecule has 2 N–H and O–H groups in total. The van der Waals surface area contributed by atoms with E-state index in [1.54, 1.807) is 10.9 Å². The molecular formula is C14H15N5. The average Bonchev–Trinajstić information content (AvgIpc) is 3.08. The van der Waals surface area contributed by atoms with Crippen LogP contribution in [0.5, 0.6) is 0 Å². The Balaban J connectivity index is 1.89. The Bertz CT molecular complexity index is 668. The van der Waals surface area contributed by atoms with Crippen molar-refractivity contribution in [1.82, 2.24) is 19.6 Å². The maximum atomic E-state index is 6.19. The van der Waals surface area contributed by atoms with E-state index >= 15 is 0 Å². The molecule has 19 heavy (non-hydrogen) atoms. The summed E-state index contributed by atoms with van der Waals surface area (Å²) in [6.07, 6.45) is 5.61.